The molecule has 0 unspecified atom stereocenters. The van der Waals surface area contributed by atoms with E-state index in [4.69, 9.17) is 9.15 Å². The summed E-state index contributed by atoms with van der Waals surface area (Å²) in [6, 6.07) is 16.2. The van der Waals surface area contributed by atoms with Crippen LogP contribution in [0.5, 0.6) is 11.5 Å². The number of phenols is 1. The Morgan fingerprint density at radius 1 is 0.958 bits per heavy atom. The van der Waals surface area contributed by atoms with Crippen LogP contribution in [0.25, 0.3) is 32.9 Å². The molecule has 118 valence electrons. The number of phenolic OH excluding ortho intramolecular Hbond substituents is 1. The third-order valence-electron chi connectivity index (χ3n) is 4.14. The van der Waals surface area contributed by atoms with E-state index in [1.54, 1.807) is 18.2 Å². The first-order valence-electron chi connectivity index (χ1n) is 7.50. The van der Waals surface area contributed by atoms with Crippen molar-refractivity contribution in [2.24, 2.45) is 0 Å². The number of hydrogen-bond acceptors (Lipinski definition) is 4. The highest BCUT2D eigenvalue weighted by atomic mass is 16.5. The van der Waals surface area contributed by atoms with Crippen molar-refractivity contribution in [2.75, 3.05) is 7.11 Å². The zero-order chi connectivity index (χ0) is 16.7. The summed E-state index contributed by atoms with van der Waals surface area (Å²) in [5.41, 5.74) is 1.55. The molecule has 0 fully saturated rings. The van der Waals surface area contributed by atoms with Crippen LogP contribution in [0.1, 0.15) is 0 Å². The van der Waals surface area contributed by atoms with E-state index in [-0.39, 0.29) is 16.9 Å². The molecule has 4 heteroatoms. The number of ether oxygens (including phenoxy) is 1. The van der Waals surface area contributed by atoms with Crippen molar-refractivity contribution in [3.8, 4) is 22.6 Å². The van der Waals surface area contributed by atoms with Crippen LogP contribution in [-0.4, -0.2) is 12.2 Å². The Balaban J connectivity index is 2.20. The Morgan fingerprint density at radius 2 is 1.71 bits per heavy atom. The summed E-state index contributed by atoms with van der Waals surface area (Å²) in [4.78, 5) is 13.1. The largest absolute Gasteiger partial charge is 0.504 e. The molecule has 0 bridgehead atoms. The monoisotopic (exact) mass is 318 g/mol. The molecule has 0 aliphatic carbocycles. The molecule has 0 radical (unpaired) electrons. The van der Waals surface area contributed by atoms with E-state index in [2.05, 4.69) is 0 Å². The van der Waals surface area contributed by atoms with Gasteiger partial charge in [-0.2, -0.15) is 0 Å². The summed E-state index contributed by atoms with van der Waals surface area (Å²) in [5, 5.41) is 11.8. The standard InChI is InChI=1S/C20H14O4/c1-23-20-15(21)9-7-13-8-10-16-18(17(13)20)19(22)14(11-24-16)12-5-3-2-4-6-12/h2-11,21H,1H3. The minimum Gasteiger partial charge on any atom is -0.504 e. The van der Waals surface area contributed by atoms with E-state index in [1.807, 2.05) is 36.4 Å². The molecule has 0 amide bonds. The Hall–Kier alpha value is -3.27. The smallest absolute Gasteiger partial charge is 0.201 e. The van der Waals surface area contributed by atoms with Gasteiger partial charge in [0.05, 0.1) is 18.1 Å². The van der Waals surface area contributed by atoms with Gasteiger partial charge in [0, 0.05) is 5.39 Å². The second-order valence-electron chi connectivity index (χ2n) is 5.50. The van der Waals surface area contributed by atoms with E-state index >= 15 is 0 Å². The lowest BCUT2D eigenvalue weighted by atomic mass is 10.0. The molecular weight excluding hydrogens is 304 g/mol. The summed E-state index contributed by atoms with van der Waals surface area (Å²) < 4.78 is 11.0. The molecular formula is C20H14O4. The molecule has 4 aromatic rings. The molecule has 0 atom stereocenters. The SMILES string of the molecule is COc1c(O)ccc2ccc3occ(-c4ccccc4)c(=O)c3c12. The quantitative estimate of drug-likeness (QED) is 0.559. The molecule has 1 aromatic heterocycles. The maximum Gasteiger partial charge on any atom is 0.201 e. The van der Waals surface area contributed by atoms with Crippen LogP contribution >= 0.6 is 0 Å². The zero-order valence-corrected chi connectivity index (χ0v) is 12.9. The molecule has 4 nitrogen and oxygen atoms in total. The number of fused-ring (bicyclic) bond motifs is 3. The average Bonchev–Trinajstić information content (AvgIpc) is 2.62. The van der Waals surface area contributed by atoms with Gasteiger partial charge in [0.15, 0.2) is 11.5 Å². The van der Waals surface area contributed by atoms with E-state index in [1.165, 1.54) is 13.4 Å². The number of benzene rings is 3. The third kappa shape index (κ3) is 2.04. The molecule has 0 saturated heterocycles. The summed E-state index contributed by atoms with van der Waals surface area (Å²) in [6.45, 7) is 0. The Morgan fingerprint density at radius 3 is 2.46 bits per heavy atom. The first kappa shape index (κ1) is 14.3. The van der Waals surface area contributed by atoms with Gasteiger partial charge in [-0.25, -0.2) is 0 Å². The Kier molecular flexibility index (Phi) is 3.24. The van der Waals surface area contributed by atoms with Gasteiger partial charge >= 0.3 is 0 Å². The molecule has 24 heavy (non-hydrogen) atoms. The maximum atomic E-state index is 13.1. The number of rotatable bonds is 2. The normalized spacial score (nSPS) is 11.0. The van der Waals surface area contributed by atoms with Crippen molar-refractivity contribution in [2.45, 2.75) is 0 Å². The van der Waals surface area contributed by atoms with Gasteiger partial charge in [0.2, 0.25) is 5.43 Å². The average molecular weight is 318 g/mol. The van der Waals surface area contributed by atoms with E-state index in [0.717, 1.165) is 10.9 Å². The lowest BCUT2D eigenvalue weighted by Crippen LogP contribution is -2.06. The van der Waals surface area contributed by atoms with Gasteiger partial charge in [-0.3, -0.25) is 4.79 Å². The highest BCUT2D eigenvalue weighted by molar-refractivity contribution is 6.10. The van der Waals surface area contributed by atoms with Crippen molar-refractivity contribution in [1.82, 2.24) is 0 Å². The van der Waals surface area contributed by atoms with Crippen molar-refractivity contribution in [1.29, 1.82) is 0 Å². The first-order chi connectivity index (χ1) is 11.7. The third-order valence-corrected chi connectivity index (χ3v) is 4.14. The summed E-state index contributed by atoms with van der Waals surface area (Å²) in [7, 11) is 1.47. The summed E-state index contributed by atoms with van der Waals surface area (Å²) >= 11 is 0. The van der Waals surface area contributed by atoms with Crippen LogP contribution in [0, 0.1) is 0 Å². The predicted octanol–water partition coefficient (Wildman–Crippen LogP) is 4.33. The van der Waals surface area contributed by atoms with Gasteiger partial charge in [-0.1, -0.05) is 42.5 Å². The predicted molar refractivity (Wildman–Crippen MR) is 93.6 cm³/mol. The van der Waals surface area contributed by atoms with Crippen molar-refractivity contribution in [3.63, 3.8) is 0 Å². The van der Waals surface area contributed by atoms with Crippen LogP contribution in [0.4, 0.5) is 0 Å². The van der Waals surface area contributed by atoms with Crippen LogP contribution in [-0.2, 0) is 0 Å². The van der Waals surface area contributed by atoms with Crippen molar-refractivity contribution >= 4 is 21.7 Å². The van der Waals surface area contributed by atoms with Crippen LogP contribution in [0.2, 0.25) is 0 Å². The van der Waals surface area contributed by atoms with Gasteiger partial charge in [-0.05, 0) is 23.1 Å². The summed E-state index contributed by atoms with van der Waals surface area (Å²) in [6.07, 6.45) is 1.47. The van der Waals surface area contributed by atoms with Gasteiger partial charge < -0.3 is 14.3 Å². The van der Waals surface area contributed by atoms with Gasteiger partial charge in [-0.15, -0.1) is 0 Å². The van der Waals surface area contributed by atoms with Crippen LogP contribution < -0.4 is 10.2 Å². The first-order valence-corrected chi connectivity index (χ1v) is 7.50. The molecule has 0 aliphatic heterocycles. The number of hydrogen-bond donors (Lipinski definition) is 1. The minimum atomic E-state index is -0.156. The number of aromatic hydroxyl groups is 1. The molecule has 0 spiro atoms. The lowest BCUT2D eigenvalue weighted by Gasteiger charge is -2.10. The summed E-state index contributed by atoms with van der Waals surface area (Å²) in [5.74, 6) is 0.262. The second-order valence-corrected chi connectivity index (χ2v) is 5.50. The van der Waals surface area contributed by atoms with Crippen molar-refractivity contribution in [3.05, 3.63) is 71.1 Å². The highest BCUT2D eigenvalue weighted by Crippen LogP contribution is 2.38. The van der Waals surface area contributed by atoms with Crippen molar-refractivity contribution < 1.29 is 14.3 Å². The zero-order valence-electron chi connectivity index (χ0n) is 12.9. The molecule has 1 heterocycles. The van der Waals surface area contributed by atoms with Gasteiger partial charge in [0.1, 0.15) is 11.8 Å². The number of methoxy groups -OCH3 is 1. The molecule has 4 rings (SSSR count). The fraction of sp³-hybridized carbons (Fsp3) is 0.0500. The Labute approximate surface area is 137 Å². The fourth-order valence-corrected chi connectivity index (χ4v) is 3.01. The van der Waals surface area contributed by atoms with Crippen LogP contribution in [0.15, 0.2) is 70.1 Å². The second kappa shape index (κ2) is 5.42. The molecule has 0 saturated carbocycles. The molecule has 0 aliphatic rings. The van der Waals surface area contributed by atoms with E-state index in [0.29, 0.717) is 21.9 Å². The lowest BCUT2D eigenvalue weighted by molar-refractivity contribution is 0.378. The van der Waals surface area contributed by atoms with E-state index in [9.17, 15) is 9.90 Å². The molecule has 3 aromatic carbocycles. The maximum absolute atomic E-state index is 13.1. The molecule has 1 N–H and O–H groups in total. The topological polar surface area (TPSA) is 59.7 Å². The fourth-order valence-electron chi connectivity index (χ4n) is 3.01. The van der Waals surface area contributed by atoms with Crippen LogP contribution in [0.3, 0.4) is 0 Å². The Bertz CT molecular complexity index is 1110. The minimum absolute atomic E-state index is 0.0120. The van der Waals surface area contributed by atoms with E-state index < -0.39 is 0 Å². The van der Waals surface area contributed by atoms with Gasteiger partial charge in [0.25, 0.3) is 0 Å². The highest BCUT2D eigenvalue weighted by Gasteiger charge is 2.16.